The van der Waals surface area contributed by atoms with Gasteiger partial charge in [-0.15, -0.1) is 0 Å². The second-order valence-corrected chi connectivity index (χ2v) is 4.73. The van der Waals surface area contributed by atoms with Gasteiger partial charge in [-0.1, -0.05) is 11.6 Å². The maximum Gasteiger partial charge on any atom is 0.128 e. The van der Waals surface area contributed by atoms with E-state index in [9.17, 15) is 0 Å². The molecule has 0 radical (unpaired) electrons. The van der Waals surface area contributed by atoms with E-state index in [1.54, 1.807) is 19.6 Å². The van der Waals surface area contributed by atoms with Gasteiger partial charge >= 0.3 is 0 Å². The monoisotopic (exact) mass is 283 g/mol. The number of aromatic nitrogens is 2. The summed E-state index contributed by atoms with van der Waals surface area (Å²) in [6, 6.07) is 3.85. The van der Waals surface area contributed by atoms with Gasteiger partial charge in [0, 0.05) is 20.7 Å². The zero-order valence-electron chi connectivity index (χ0n) is 11.2. The highest BCUT2D eigenvalue weighted by Gasteiger charge is 2.12. The molecule has 104 valence electrons. The third-order valence-electron chi connectivity index (χ3n) is 2.96. The number of rotatable bonds is 7. The van der Waals surface area contributed by atoms with Crippen molar-refractivity contribution in [2.45, 2.75) is 13.1 Å². The van der Waals surface area contributed by atoms with Crippen LogP contribution in [-0.2, 0) is 24.9 Å². The average molecular weight is 284 g/mol. The Morgan fingerprint density at radius 2 is 2.32 bits per heavy atom. The Balaban J connectivity index is 2.02. The van der Waals surface area contributed by atoms with Gasteiger partial charge in [0.2, 0.25) is 0 Å². The molecule has 2 heterocycles. The quantitative estimate of drug-likeness (QED) is 0.782. The molecule has 6 heteroatoms. The van der Waals surface area contributed by atoms with Crippen molar-refractivity contribution in [3.05, 3.63) is 41.3 Å². The van der Waals surface area contributed by atoms with E-state index in [0.29, 0.717) is 18.3 Å². The number of hydrogen-bond donors (Lipinski definition) is 0. The maximum atomic E-state index is 6.00. The van der Waals surface area contributed by atoms with Gasteiger partial charge in [-0.25, -0.2) is 4.98 Å². The Kier molecular flexibility index (Phi) is 5.01. The molecular formula is C13H18ClN3O2. The molecule has 0 atom stereocenters. The lowest BCUT2D eigenvalue weighted by molar-refractivity contribution is 0.132. The standard InChI is InChI=1S/C13H18ClN3O2/c1-16-12(14)8-15-13(16)10-17(5-7-18-2)9-11-4-3-6-19-11/h3-4,6,8H,5,7,9-10H2,1-2H3. The van der Waals surface area contributed by atoms with Crippen LogP contribution in [0.3, 0.4) is 0 Å². The Morgan fingerprint density at radius 3 is 2.89 bits per heavy atom. The molecule has 19 heavy (non-hydrogen) atoms. The molecule has 0 N–H and O–H groups in total. The fraction of sp³-hybridized carbons (Fsp3) is 0.462. The molecule has 0 bridgehead atoms. The van der Waals surface area contributed by atoms with Crippen molar-refractivity contribution >= 4 is 11.6 Å². The van der Waals surface area contributed by atoms with Crippen LogP contribution in [0.5, 0.6) is 0 Å². The van der Waals surface area contributed by atoms with E-state index in [2.05, 4.69) is 9.88 Å². The number of imidazole rings is 1. The van der Waals surface area contributed by atoms with Crippen LogP contribution in [0.4, 0.5) is 0 Å². The van der Waals surface area contributed by atoms with E-state index in [-0.39, 0.29) is 0 Å². The molecule has 0 saturated heterocycles. The summed E-state index contributed by atoms with van der Waals surface area (Å²) in [5.41, 5.74) is 0. The fourth-order valence-electron chi connectivity index (χ4n) is 1.83. The minimum Gasteiger partial charge on any atom is -0.468 e. The fourth-order valence-corrected chi connectivity index (χ4v) is 1.97. The molecular weight excluding hydrogens is 266 g/mol. The van der Waals surface area contributed by atoms with Gasteiger partial charge in [0.25, 0.3) is 0 Å². The van der Waals surface area contributed by atoms with Crippen molar-refractivity contribution in [1.82, 2.24) is 14.5 Å². The molecule has 0 saturated carbocycles. The van der Waals surface area contributed by atoms with Crippen LogP contribution in [0, 0.1) is 0 Å². The lowest BCUT2D eigenvalue weighted by atomic mass is 10.3. The molecule has 0 aliphatic carbocycles. The van der Waals surface area contributed by atoms with E-state index < -0.39 is 0 Å². The number of furan rings is 1. The Bertz CT molecular complexity index is 496. The van der Waals surface area contributed by atoms with Crippen molar-refractivity contribution in [3.63, 3.8) is 0 Å². The first-order chi connectivity index (χ1) is 9.20. The zero-order chi connectivity index (χ0) is 13.7. The maximum absolute atomic E-state index is 6.00. The molecule has 0 unspecified atom stereocenters. The van der Waals surface area contributed by atoms with Gasteiger partial charge < -0.3 is 13.7 Å². The van der Waals surface area contributed by atoms with Crippen LogP contribution in [0.15, 0.2) is 29.0 Å². The molecule has 2 aromatic rings. The SMILES string of the molecule is COCCN(Cc1ccco1)Cc1ncc(Cl)n1C. The minimum atomic E-state index is 0.639. The van der Waals surface area contributed by atoms with Crippen molar-refractivity contribution in [1.29, 1.82) is 0 Å². The van der Waals surface area contributed by atoms with E-state index in [4.69, 9.17) is 20.8 Å². The highest BCUT2D eigenvalue weighted by molar-refractivity contribution is 6.29. The number of halogens is 1. The summed E-state index contributed by atoms with van der Waals surface area (Å²) in [4.78, 5) is 6.52. The predicted octanol–water partition coefficient (Wildman–Crippen LogP) is 2.32. The van der Waals surface area contributed by atoms with Crippen LogP contribution < -0.4 is 0 Å². The summed E-state index contributed by atoms with van der Waals surface area (Å²) in [6.07, 6.45) is 3.35. The molecule has 0 spiro atoms. The van der Waals surface area contributed by atoms with E-state index >= 15 is 0 Å². The smallest absolute Gasteiger partial charge is 0.128 e. The third kappa shape index (κ3) is 3.83. The van der Waals surface area contributed by atoms with Crippen molar-refractivity contribution in [2.24, 2.45) is 7.05 Å². The number of nitrogens with zero attached hydrogens (tertiary/aromatic N) is 3. The first-order valence-electron chi connectivity index (χ1n) is 6.10. The summed E-state index contributed by atoms with van der Waals surface area (Å²) in [5.74, 6) is 1.85. The summed E-state index contributed by atoms with van der Waals surface area (Å²) < 4.78 is 12.4. The Morgan fingerprint density at radius 1 is 1.47 bits per heavy atom. The molecule has 0 aromatic carbocycles. The molecule has 5 nitrogen and oxygen atoms in total. The summed E-state index contributed by atoms with van der Waals surface area (Å²) in [7, 11) is 3.61. The number of hydrogen-bond acceptors (Lipinski definition) is 4. The third-order valence-corrected chi connectivity index (χ3v) is 3.32. The first-order valence-corrected chi connectivity index (χ1v) is 6.48. The molecule has 0 aliphatic rings. The molecule has 2 rings (SSSR count). The van der Waals surface area contributed by atoms with Gasteiger partial charge in [-0.3, -0.25) is 4.90 Å². The van der Waals surface area contributed by atoms with Crippen LogP contribution in [-0.4, -0.2) is 34.7 Å². The predicted molar refractivity (Wildman–Crippen MR) is 72.9 cm³/mol. The van der Waals surface area contributed by atoms with Gasteiger partial charge in [0.15, 0.2) is 0 Å². The van der Waals surface area contributed by atoms with Crippen molar-refractivity contribution in [2.75, 3.05) is 20.3 Å². The molecule has 0 amide bonds. The second-order valence-electron chi connectivity index (χ2n) is 4.34. The molecule has 0 aliphatic heterocycles. The number of methoxy groups -OCH3 is 1. The largest absolute Gasteiger partial charge is 0.468 e. The minimum absolute atomic E-state index is 0.639. The van der Waals surface area contributed by atoms with Gasteiger partial charge in [-0.05, 0) is 12.1 Å². The van der Waals surface area contributed by atoms with E-state index in [1.165, 1.54) is 0 Å². The molecule has 0 fully saturated rings. The highest BCUT2D eigenvalue weighted by atomic mass is 35.5. The highest BCUT2D eigenvalue weighted by Crippen LogP contribution is 2.13. The summed E-state index contributed by atoms with van der Waals surface area (Å²) >= 11 is 6.00. The second kappa shape index (κ2) is 6.75. The zero-order valence-corrected chi connectivity index (χ0v) is 11.9. The van der Waals surface area contributed by atoms with Crippen LogP contribution in [0.2, 0.25) is 5.15 Å². The van der Waals surface area contributed by atoms with Crippen LogP contribution in [0.1, 0.15) is 11.6 Å². The summed E-state index contributed by atoms with van der Waals surface area (Å²) in [6.45, 7) is 2.90. The van der Waals surface area contributed by atoms with Gasteiger partial charge in [0.05, 0.1) is 32.2 Å². The van der Waals surface area contributed by atoms with Gasteiger partial charge in [-0.2, -0.15) is 0 Å². The lowest BCUT2D eigenvalue weighted by Gasteiger charge is -2.20. The Labute approximate surface area is 117 Å². The molecule has 2 aromatic heterocycles. The normalized spacial score (nSPS) is 11.4. The van der Waals surface area contributed by atoms with E-state index in [1.807, 2.05) is 23.7 Å². The Hall–Kier alpha value is -1.30. The van der Waals surface area contributed by atoms with E-state index in [0.717, 1.165) is 24.7 Å². The van der Waals surface area contributed by atoms with Crippen molar-refractivity contribution < 1.29 is 9.15 Å². The lowest BCUT2D eigenvalue weighted by Crippen LogP contribution is -2.27. The first kappa shape index (κ1) is 14.1. The van der Waals surface area contributed by atoms with Crippen LogP contribution >= 0.6 is 11.6 Å². The van der Waals surface area contributed by atoms with Crippen LogP contribution in [0.25, 0.3) is 0 Å². The number of ether oxygens (including phenoxy) is 1. The van der Waals surface area contributed by atoms with Crippen molar-refractivity contribution in [3.8, 4) is 0 Å². The topological polar surface area (TPSA) is 43.4 Å². The van der Waals surface area contributed by atoms with Gasteiger partial charge in [0.1, 0.15) is 16.7 Å². The summed E-state index contributed by atoms with van der Waals surface area (Å²) in [5, 5.41) is 0.639. The average Bonchev–Trinajstić information content (AvgIpc) is 3.01.